The zero-order valence-electron chi connectivity index (χ0n) is 10.5. The van der Waals surface area contributed by atoms with Crippen LogP contribution in [0.25, 0.3) is 0 Å². The van der Waals surface area contributed by atoms with E-state index in [2.05, 4.69) is 25.2 Å². The quantitative estimate of drug-likeness (QED) is 0.776. The van der Waals surface area contributed by atoms with Crippen molar-refractivity contribution in [3.05, 3.63) is 23.8 Å². The second-order valence-corrected chi connectivity index (χ2v) is 5.38. The van der Waals surface area contributed by atoms with Crippen molar-refractivity contribution < 1.29 is 9.90 Å². The summed E-state index contributed by atoms with van der Waals surface area (Å²) in [7, 11) is 0. The first-order valence-corrected chi connectivity index (χ1v) is 5.98. The average molecular weight is 222 g/mol. The van der Waals surface area contributed by atoms with Gasteiger partial charge in [-0.15, -0.1) is 0 Å². The number of rotatable bonds is 5. The molecule has 0 aromatic rings. The lowest BCUT2D eigenvalue weighted by Crippen LogP contribution is -2.23. The van der Waals surface area contributed by atoms with Crippen LogP contribution in [0.3, 0.4) is 0 Å². The van der Waals surface area contributed by atoms with Gasteiger partial charge < -0.3 is 5.11 Å². The monoisotopic (exact) mass is 222 g/mol. The van der Waals surface area contributed by atoms with E-state index in [-0.39, 0.29) is 12.2 Å². The fourth-order valence-corrected chi connectivity index (χ4v) is 1.81. The molecule has 0 amide bonds. The molecule has 2 nitrogen and oxygen atoms in total. The van der Waals surface area contributed by atoms with Crippen molar-refractivity contribution >= 4 is 5.78 Å². The number of hydrogen-bond donors (Lipinski definition) is 1. The highest BCUT2D eigenvalue weighted by Crippen LogP contribution is 2.20. The van der Waals surface area contributed by atoms with E-state index in [0.717, 1.165) is 12.8 Å². The van der Waals surface area contributed by atoms with E-state index in [1.54, 1.807) is 13.8 Å². The zero-order chi connectivity index (χ0) is 12.2. The molecule has 1 atom stereocenters. The predicted octanol–water partition coefficient (Wildman–Crippen LogP) is 3.02. The van der Waals surface area contributed by atoms with Gasteiger partial charge in [-0.3, -0.25) is 4.79 Å². The van der Waals surface area contributed by atoms with Crippen molar-refractivity contribution in [3.63, 3.8) is 0 Å². The molecule has 0 heterocycles. The predicted molar refractivity (Wildman–Crippen MR) is 66.2 cm³/mol. The van der Waals surface area contributed by atoms with E-state index >= 15 is 0 Å². The lowest BCUT2D eigenvalue weighted by atomic mass is 9.93. The minimum atomic E-state index is -0.873. The molecule has 1 unspecified atom stereocenters. The van der Waals surface area contributed by atoms with Crippen LogP contribution in [0.4, 0.5) is 0 Å². The summed E-state index contributed by atoms with van der Waals surface area (Å²) in [5.74, 6) is 0.760. The molecule has 0 aromatic heterocycles. The third kappa shape index (κ3) is 5.26. The molecule has 0 aromatic carbocycles. The molecule has 90 valence electrons. The maximum absolute atomic E-state index is 11.6. The van der Waals surface area contributed by atoms with Crippen molar-refractivity contribution in [1.82, 2.24) is 0 Å². The van der Waals surface area contributed by atoms with Crippen LogP contribution in [0, 0.1) is 5.92 Å². The molecule has 1 rings (SSSR count). The average Bonchev–Trinajstić information content (AvgIpc) is 2.14. The highest BCUT2D eigenvalue weighted by molar-refractivity contribution is 5.79. The van der Waals surface area contributed by atoms with E-state index in [1.807, 2.05) is 0 Å². The van der Waals surface area contributed by atoms with Gasteiger partial charge in [-0.1, -0.05) is 30.7 Å². The Bertz CT molecular complexity index is 305. The summed E-state index contributed by atoms with van der Waals surface area (Å²) in [5.41, 5.74) is 0.379. The number of aliphatic hydroxyl groups is 1. The van der Waals surface area contributed by atoms with Crippen LogP contribution < -0.4 is 0 Å². The van der Waals surface area contributed by atoms with E-state index in [0.29, 0.717) is 12.3 Å². The van der Waals surface area contributed by atoms with Crippen LogP contribution in [0.15, 0.2) is 23.8 Å². The van der Waals surface area contributed by atoms with Crippen molar-refractivity contribution in [1.29, 1.82) is 0 Å². The van der Waals surface area contributed by atoms with Crippen LogP contribution in [0.5, 0.6) is 0 Å². The molecule has 0 saturated carbocycles. The van der Waals surface area contributed by atoms with E-state index in [1.165, 1.54) is 5.57 Å². The van der Waals surface area contributed by atoms with Gasteiger partial charge in [0, 0.05) is 12.8 Å². The highest BCUT2D eigenvalue weighted by Gasteiger charge is 2.17. The summed E-state index contributed by atoms with van der Waals surface area (Å²) in [4.78, 5) is 11.6. The van der Waals surface area contributed by atoms with Crippen LogP contribution in [0.1, 0.15) is 46.5 Å². The van der Waals surface area contributed by atoms with Crippen LogP contribution in [-0.2, 0) is 4.79 Å². The molecular formula is C14H22O2. The smallest absolute Gasteiger partial charge is 0.136 e. The first kappa shape index (κ1) is 13.2. The van der Waals surface area contributed by atoms with Crippen molar-refractivity contribution in [2.45, 2.75) is 52.1 Å². The normalized spacial score (nSPS) is 20.8. The molecule has 16 heavy (non-hydrogen) atoms. The summed E-state index contributed by atoms with van der Waals surface area (Å²) >= 11 is 0. The van der Waals surface area contributed by atoms with Gasteiger partial charge in [0.15, 0.2) is 0 Å². The summed E-state index contributed by atoms with van der Waals surface area (Å²) in [6.45, 7) is 5.53. The third-order valence-corrected chi connectivity index (χ3v) is 2.71. The molecule has 0 fully saturated rings. The summed E-state index contributed by atoms with van der Waals surface area (Å²) < 4.78 is 0. The topological polar surface area (TPSA) is 37.3 Å². The number of allylic oxidation sites excluding steroid dienone is 4. The van der Waals surface area contributed by atoms with E-state index < -0.39 is 5.60 Å². The van der Waals surface area contributed by atoms with Gasteiger partial charge in [-0.2, -0.15) is 0 Å². The SMILES string of the molecule is CC1C=CC(CCC(=O)CC(C)(C)O)=CC1. The zero-order valence-corrected chi connectivity index (χ0v) is 10.5. The minimum absolute atomic E-state index is 0.139. The summed E-state index contributed by atoms with van der Waals surface area (Å²) in [6, 6.07) is 0. The lowest BCUT2D eigenvalue weighted by Gasteiger charge is -2.16. The minimum Gasteiger partial charge on any atom is -0.390 e. The molecule has 0 saturated heterocycles. The van der Waals surface area contributed by atoms with Crippen LogP contribution >= 0.6 is 0 Å². The van der Waals surface area contributed by atoms with Crippen LogP contribution in [0.2, 0.25) is 0 Å². The van der Waals surface area contributed by atoms with Gasteiger partial charge in [-0.05, 0) is 32.6 Å². The number of carbonyl (C=O) groups is 1. The summed E-state index contributed by atoms with van der Waals surface area (Å²) in [6.07, 6.45) is 9.18. The van der Waals surface area contributed by atoms with Crippen molar-refractivity contribution in [3.8, 4) is 0 Å². The van der Waals surface area contributed by atoms with Gasteiger partial charge in [-0.25, -0.2) is 0 Å². The van der Waals surface area contributed by atoms with Gasteiger partial charge in [0.25, 0.3) is 0 Å². The second kappa shape index (κ2) is 5.44. The maximum atomic E-state index is 11.6. The van der Waals surface area contributed by atoms with Crippen molar-refractivity contribution in [2.24, 2.45) is 5.92 Å². The molecule has 0 bridgehead atoms. The first-order valence-electron chi connectivity index (χ1n) is 5.98. The third-order valence-electron chi connectivity index (χ3n) is 2.71. The maximum Gasteiger partial charge on any atom is 0.136 e. The van der Waals surface area contributed by atoms with E-state index in [9.17, 15) is 9.90 Å². The standard InChI is InChI=1S/C14H22O2/c1-11-4-6-12(7-5-11)8-9-13(15)10-14(2,3)16/h4,6-7,11,16H,5,8-10H2,1-3H3. The molecule has 0 aliphatic heterocycles. The molecular weight excluding hydrogens is 200 g/mol. The number of ketones is 1. The molecule has 1 aliphatic carbocycles. The Labute approximate surface area is 98.1 Å². The Hall–Kier alpha value is -0.890. The Kier molecular flexibility index (Phi) is 4.48. The summed E-state index contributed by atoms with van der Waals surface area (Å²) in [5, 5.41) is 9.51. The molecule has 2 heteroatoms. The van der Waals surface area contributed by atoms with Crippen molar-refractivity contribution in [2.75, 3.05) is 0 Å². The number of carbonyl (C=O) groups excluding carboxylic acids is 1. The Morgan fingerprint density at radius 2 is 2.25 bits per heavy atom. The van der Waals surface area contributed by atoms with Gasteiger partial charge in [0.05, 0.1) is 5.60 Å². The van der Waals surface area contributed by atoms with Crippen LogP contribution in [-0.4, -0.2) is 16.5 Å². The largest absolute Gasteiger partial charge is 0.390 e. The number of Topliss-reactive ketones (excluding diaryl/α,β-unsaturated/α-hetero) is 1. The molecule has 1 N–H and O–H groups in total. The molecule has 0 radical (unpaired) electrons. The second-order valence-electron chi connectivity index (χ2n) is 5.38. The Balaban J connectivity index is 2.30. The Morgan fingerprint density at radius 1 is 1.56 bits per heavy atom. The first-order chi connectivity index (χ1) is 7.37. The van der Waals surface area contributed by atoms with E-state index in [4.69, 9.17) is 0 Å². The lowest BCUT2D eigenvalue weighted by molar-refractivity contribution is -0.122. The number of hydrogen-bond acceptors (Lipinski definition) is 2. The Morgan fingerprint density at radius 3 is 2.75 bits per heavy atom. The fourth-order valence-electron chi connectivity index (χ4n) is 1.81. The highest BCUT2D eigenvalue weighted by atomic mass is 16.3. The molecule has 1 aliphatic rings. The van der Waals surface area contributed by atoms with Gasteiger partial charge in [0.1, 0.15) is 5.78 Å². The molecule has 0 spiro atoms. The van der Waals surface area contributed by atoms with Gasteiger partial charge in [0.2, 0.25) is 0 Å². The fraction of sp³-hybridized carbons (Fsp3) is 0.643. The van der Waals surface area contributed by atoms with Gasteiger partial charge >= 0.3 is 0 Å².